The summed E-state index contributed by atoms with van der Waals surface area (Å²) in [7, 11) is 0. The molecule has 0 aliphatic rings. The number of rotatable bonds is 6. The third kappa shape index (κ3) is 6.07. The summed E-state index contributed by atoms with van der Waals surface area (Å²) in [5.41, 5.74) is 0.663. The molecule has 0 atom stereocenters. The number of anilines is 1. The number of carbonyl (C=O) groups excluding carboxylic acids is 1. The number of hydrogen-bond donors (Lipinski definition) is 3. The zero-order chi connectivity index (χ0) is 14.3. The Morgan fingerprint density at radius 2 is 2.05 bits per heavy atom. The molecule has 5 heteroatoms. The summed E-state index contributed by atoms with van der Waals surface area (Å²) in [6.45, 7) is 4.78. The first-order valence-electron chi connectivity index (χ1n) is 6.35. The second-order valence-corrected chi connectivity index (χ2v) is 6.14. The minimum absolute atomic E-state index is 0.0827. The van der Waals surface area contributed by atoms with Gasteiger partial charge in [-0.25, -0.2) is 4.79 Å². The number of urea groups is 1. The number of benzene rings is 1. The molecule has 0 fully saturated rings. The quantitative estimate of drug-likeness (QED) is 0.701. The van der Waals surface area contributed by atoms with Crippen LogP contribution in [0.5, 0.6) is 0 Å². The van der Waals surface area contributed by atoms with E-state index in [2.05, 4.69) is 26.6 Å². The van der Waals surface area contributed by atoms with Crippen LogP contribution in [0.4, 0.5) is 10.5 Å². The maximum atomic E-state index is 11.7. The van der Waals surface area contributed by atoms with Gasteiger partial charge in [-0.2, -0.15) is 0 Å². The fourth-order valence-electron chi connectivity index (χ4n) is 1.58. The van der Waals surface area contributed by atoms with Crippen LogP contribution in [0.15, 0.2) is 28.7 Å². The van der Waals surface area contributed by atoms with Crippen molar-refractivity contribution in [3.63, 3.8) is 0 Å². The van der Waals surface area contributed by atoms with Crippen molar-refractivity contribution in [2.24, 2.45) is 5.41 Å². The van der Waals surface area contributed by atoms with Crippen LogP contribution < -0.4 is 10.6 Å². The molecule has 0 aromatic heterocycles. The predicted octanol–water partition coefficient (Wildman–Crippen LogP) is 3.37. The van der Waals surface area contributed by atoms with Crippen LogP contribution in [-0.4, -0.2) is 24.3 Å². The zero-order valence-electron chi connectivity index (χ0n) is 11.4. The fourth-order valence-corrected chi connectivity index (χ4v) is 1.96. The molecular weight excluding hydrogens is 308 g/mol. The standard InChI is InChI=1S/C14H21BrN2O2/c1-14(2,10-18)8-5-9-16-13(19)17-12-7-4-3-6-11(12)15/h3-4,6-7,18H,5,8-10H2,1-2H3,(H2,16,17,19). The van der Waals surface area contributed by atoms with E-state index in [1.54, 1.807) is 0 Å². The van der Waals surface area contributed by atoms with E-state index in [-0.39, 0.29) is 18.1 Å². The molecule has 0 radical (unpaired) electrons. The van der Waals surface area contributed by atoms with Gasteiger partial charge in [0.05, 0.1) is 5.69 Å². The molecular formula is C14H21BrN2O2. The molecule has 2 amide bonds. The van der Waals surface area contributed by atoms with E-state index in [0.29, 0.717) is 6.54 Å². The summed E-state index contributed by atoms with van der Waals surface area (Å²) < 4.78 is 0.853. The van der Waals surface area contributed by atoms with Gasteiger partial charge in [-0.15, -0.1) is 0 Å². The molecule has 0 spiro atoms. The van der Waals surface area contributed by atoms with Gasteiger partial charge in [0.1, 0.15) is 0 Å². The fraction of sp³-hybridized carbons (Fsp3) is 0.500. The van der Waals surface area contributed by atoms with Crippen LogP contribution >= 0.6 is 15.9 Å². The summed E-state index contributed by atoms with van der Waals surface area (Å²) in [6, 6.07) is 7.25. The Labute approximate surface area is 122 Å². The normalized spacial score (nSPS) is 11.2. The Bertz CT molecular complexity index is 422. The van der Waals surface area contributed by atoms with Crippen LogP contribution in [0, 0.1) is 5.41 Å². The van der Waals surface area contributed by atoms with Crippen molar-refractivity contribution in [2.75, 3.05) is 18.5 Å². The van der Waals surface area contributed by atoms with Crippen LogP contribution in [0.25, 0.3) is 0 Å². The highest BCUT2D eigenvalue weighted by atomic mass is 79.9. The summed E-state index contributed by atoms with van der Waals surface area (Å²) >= 11 is 3.37. The monoisotopic (exact) mass is 328 g/mol. The van der Waals surface area contributed by atoms with Crippen molar-refractivity contribution in [3.05, 3.63) is 28.7 Å². The van der Waals surface area contributed by atoms with E-state index in [1.165, 1.54) is 0 Å². The van der Waals surface area contributed by atoms with E-state index < -0.39 is 0 Å². The molecule has 4 nitrogen and oxygen atoms in total. The van der Waals surface area contributed by atoms with E-state index >= 15 is 0 Å². The Balaban J connectivity index is 2.28. The first kappa shape index (κ1) is 16.0. The van der Waals surface area contributed by atoms with Gasteiger partial charge in [-0.05, 0) is 46.3 Å². The maximum Gasteiger partial charge on any atom is 0.319 e. The van der Waals surface area contributed by atoms with Gasteiger partial charge in [-0.3, -0.25) is 0 Å². The zero-order valence-corrected chi connectivity index (χ0v) is 13.0. The van der Waals surface area contributed by atoms with Gasteiger partial charge in [0, 0.05) is 17.6 Å². The lowest BCUT2D eigenvalue weighted by Crippen LogP contribution is -2.30. The summed E-state index contributed by atoms with van der Waals surface area (Å²) in [5, 5.41) is 14.7. The molecule has 3 N–H and O–H groups in total. The van der Waals surface area contributed by atoms with Crippen molar-refractivity contribution in [2.45, 2.75) is 26.7 Å². The molecule has 0 aliphatic carbocycles. The van der Waals surface area contributed by atoms with Crippen molar-refractivity contribution in [1.82, 2.24) is 5.32 Å². The number of para-hydroxylation sites is 1. The molecule has 0 heterocycles. The average molecular weight is 329 g/mol. The van der Waals surface area contributed by atoms with Crippen LogP contribution in [0.2, 0.25) is 0 Å². The second kappa shape index (κ2) is 7.50. The lowest BCUT2D eigenvalue weighted by Gasteiger charge is -2.21. The second-order valence-electron chi connectivity index (χ2n) is 5.29. The first-order valence-corrected chi connectivity index (χ1v) is 7.14. The number of carbonyl (C=O) groups is 1. The highest BCUT2D eigenvalue weighted by molar-refractivity contribution is 9.10. The Kier molecular flexibility index (Phi) is 6.31. The van der Waals surface area contributed by atoms with Crippen molar-refractivity contribution >= 4 is 27.6 Å². The summed E-state index contributed by atoms with van der Waals surface area (Å²) in [4.78, 5) is 11.7. The number of hydrogen-bond acceptors (Lipinski definition) is 2. The van der Waals surface area contributed by atoms with E-state index in [9.17, 15) is 4.79 Å². The molecule has 0 bridgehead atoms. The number of halogens is 1. The highest BCUT2D eigenvalue weighted by Gasteiger charge is 2.15. The van der Waals surface area contributed by atoms with Gasteiger partial charge in [0.25, 0.3) is 0 Å². The van der Waals surface area contributed by atoms with Gasteiger partial charge in [-0.1, -0.05) is 26.0 Å². The molecule has 1 aromatic carbocycles. The molecule has 106 valence electrons. The molecule has 0 saturated carbocycles. The minimum atomic E-state index is -0.214. The van der Waals surface area contributed by atoms with Gasteiger partial charge in [0.2, 0.25) is 0 Å². The van der Waals surface area contributed by atoms with Gasteiger partial charge < -0.3 is 15.7 Å². The molecule has 0 saturated heterocycles. The Morgan fingerprint density at radius 1 is 1.37 bits per heavy atom. The third-order valence-corrected chi connectivity index (χ3v) is 3.56. The van der Waals surface area contributed by atoms with Gasteiger partial charge >= 0.3 is 6.03 Å². The summed E-state index contributed by atoms with van der Waals surface area (Å²) in [5.74, 6) is 0. The molecule has 19 heavy (non-hydrogen) atoms. The number of nitrogens with one attached hydrogen (secondary N) is 2. The van der Waals surface area contributed by atoms with E-state index in [1.807, 2.05) is 38.1 Å². The smallest absolute Gasteiger partial charge is 0.319 e. The van der Waals surface area contributed by atoms with E-state index in [4.69, 9.17) is 5.11 Å². The summed E-state index contributed by atoms with van der Waals surface area (Å²) in [6.07, 6.45) is 1.72. The van der Waals surface area contributed by atoms with Gasteiger partial charge in [0.15, 0.2) is 0 Å². The highest BCUT2D eigenvalue weighted by Crippen LogP contribution is 2.21. The first-order chi connectivity index (χ1) is 8.94. The number of aliphatic hydroxyl groups is 1. The van der Waals surface area contributed by atoms with Crippen molar-refractivity contribution in [1.29, 1.82) is 0 Å². The topological polar surface area (TPSA) is 61.4 Å². The van der Waals surface area contributed by atoms with Crippen LogP contribution in [0.3, 0.4) is 0 Å². The van der Waals surface area contributed by atoms with Crippen molar-refractivity contribution < 1.29 is 9.90 Å². The van der Waals surface area contributed by atoms with Crippen molar-refractivity contribution in [3.8, 4) is 0 Å². The molecule has 0 aliphatic heterocycles. The Hall–Kier alpha value is -1.07. The lowest BCUT2D eigenvalue weighted by molar-refractivity contribution is 0.148. The van der Waals surface area contributed by atoms with Crippen LogP contribution in [-0.2, 0) is 0 Å². The average Bonchev–Trinajstić information content (AvgIpc) is 2.38. The lowest BCUT2D eigenvalue weighted by atomic mass is 9.89. The predicted molar refractivity (Wildman–Crippen MR) is 81.3 cm³/mol. The minimum Gasteiger partial charge on any atom is -0.396 e. The van der Waals surface area contributed by atoms with E-state index in [0.717, 1.165) is 23.0 Å². The number of aliphatic hydroxyl groups excluding tert-OH is 1. The maximum absolute atomic E-state index is 11.7. The van der Waals surface area contributed by atoms with Crippen LogP contribution in [0.1, 0.15) is 26.7 Å². The SMILES string of the molecule is CC(C)(CO)CCCNC(=O)Nc1ccccc1Br. The molecule has 1 rings (SSSR count). The third-order valence-electron chi connectivity index (χ3n) is 2.87. The number of amides is 2. The largest absolute Gasteiger partial charge is 0.396 e. The molecule has 0 unspecified atom stereocenters. The Morgan fingerprint density at radius 3 is 2.68 bits per heavy atom. The molecule has 1 aromatic rings.